The molecule has 2 N–H and O–H groups in total. The molecule has 0 saturated carbocycles. The SMILES string of the molecule is CCOC1=CC(=O)N(C(CC)C(N)=O)C1. The minimum Gasteiger partial charge on any atom is -0.496 e. The third kappa shape index (κ3) is 2.49. The third-order valence-corrected chi connectivity index (χ3v) is 2.31. The van der Waals surface area contributed by atoms with Crippen LogP contribution in [0, 0.1) is 0 Å². The van der Waals surface area contributed by atoms with E-state index in [1.807, 2.05) is 13.8 Å². The quantitative estimate of drug-likeness (QED) is 0.697. The van der Waals surface area contributed by atoms with Gasteiger partial charge in [0.1, 0.15) is 11.8 Å². The summed E-state index contributed by atoms with van der Waals surface area (Å²) in [6.07, 6.45) is 1.93. The number of amides is 2. The maximum atomic E-state index is 11.5. The zero-order valence-corrected chi connectivity index (χ0v) is 9.03. The molecular weight excluding hydrogens is 196 g/mol. The van der Waals surface area contributed by atoms with Crippen LogP contribution in [0.3, 0.4) is 0 Å². The summed E-state index contributed by atoms with van der Waals surface area (Å²) in [4.78, 5) is 24.1. The van der Waals surface area contributed by atoms with Crippen molar-refractivity contribution in [2.24, 2.45) is 5.73 Å². The summed E-state index contributed by atoms with van der Waals surface area (Å²) < 4.78 is 5.22. The van der Waals surface area contributed by atoms with E-state index in [0.717, 1.165) is 0 Å². The molecule has 15 heavy (non-hydrogen) atoms. The average Bonchev–Trinajstić information content (AvgIpc) is 2.49. The van der Waals surface area contributed by atoms with Gasteiger partial charge in [0.15, 0.2) is 0 Å². The Bertz CT molecular complexity index is 299. The number of nitrogens with two attached hydrogens (primary N) is 1. The van der Waals surface area contributed by atoms with Gasteiger partial charge >= 0.3 is 0 Å². The Morgan fingerprint density at radius 1 is 1.67 bits per heavy atom. The monoisotopic (exact) mass is 212 g/mol. The van der Waals surface area contributed by atoms with Crippen molar-refractivity contribution >= 4 is 11.8 Å². The van der Waals surface area contributed by atoms with Gasteiger partial charge in [-0.15, -0.1) is 0 Å². The molecule has 0 aromatic heterocycles. The topological polar surface area (TPSA) is 72.6 Å². The van der Waals surface area contributed by atoms with Crippen LogP contribution in [0.1, 0.15) is 20.3 Å². The molecule has 5 heteroatoms. The molecule has 0 radical (unpaired) electrons. The summed E-state index contributed by atoms with van der Waals surface area (Å²) in [6, 6.07) is -0.535. The van der Waals surface area contributed by atoms with E-state index in [1.165, 1.54) is 11.0 Å². The van der Waals surface area contributed by atoms with Crippen molar-refractivity contribution in [3.63, 3.8) is 0 Å². The van der Waals surface area contributed by atoms with Crippen molar-refractivity contribution in [1.82, 2.24) is 4.90 Å². The first kappa shape index (κ1) is 11.6. The largest absolute Gasteiger partial charge is 0.496 e. The van der Waals surface area contributed by atoms with Crippen molar-refractivity contribution in [2.45, 2.75) is 26.3 Å². The number of hydrogen-bond donors (Lipinski definition) is 1. The summed E-state index contributed by atoms with van der Waals surface area (Å²) in [5, 5.41) is 0. The lowest BCUT2D eigenvalue weighted by molar-refractivity contribution is -0.134. The molecule has 0 fully saturated rings. The Kier molecular flexibility index (Phi) is 3.71. The summed E-state index contributed by atoms with van der Waals surface area (Å²) in [7, 11) is 0. The molecule has 0 bridgehead atoms. The van der Waals surface area contributed by atoms with Gasteiger partial charge in [0.25, 0.3) is 5.91 Å². The highest BCUT2D eigenvalue weighted by atomic mass is 16.5. The van der Waals surface area contributed by atoms with Gasteiger partial charge in [-0.05, 0) is 13.3 Å². The predicted molar refractivity (Wildman–Crippen MR) is 54.7 cm³/mol. The first-order valence-electron chi connectivity index (χ1n) is 5.03. The van der Waals surface area contributed by atoms with Crippen LogP contribution in [0.25, 0.3) is 0 Å². The second kappa shape index (κ2) is 4.82. The van der Waals surface area contributed by atoms with Crippen molar-refractivity contribution in [1.29, 1.82) is 0 Å². The van der Waals surface area contributed by atoms with Crippen LogP contribution >= 0.6 is 0 Å². The van der Waals surface area contributed by atoms with Gasteiger partial charge in [-0.1, -0.05) is 6.92 Å². The average molecular weight is 212 g/mol. The Hall–Kier alpha value is -1.52. The molecule has 1 aliphatic rings. The highest BCUT2D eigenvalue weighted by molar-refractivity contribution is 5.95. The van der Waals surface area contributed by atoms with Gasteiger partial charge in [-0.25, -0.2) is 0 Å². The summed E-state index contributed by atoms with van der Waals surface area (Å²) >= 11 is 0. The predicted octanol–water partition coefficient (Wildman–Crippen LogP) is 0.0129. The maximum absolute atomic E-state index is 11.5. The van der Waals surface area contributed by atoms with Crippen LogP contribution in [-0.2, 0) is 14.3 Å². The van der Waals surface area contributed by atoms with Gasteiger partial charge in [0, 0.05) is 6.08 Å². The van der Waals surface area contributed by atoms with Crippen LogP contribution in [0.2, 0.25) is 0 Å². The summed E-state index contributed by atoms with van der Waals surface area (Å²) in [5.74, 6) is -0.0803. The zero-order valence-electron chi connectivity index (χ0n) is 9.03. The second-order valence-corrected chi connectivity index (χ2v) is 3.34. The van der Waals surface area contributed by atoms with Gasteiger partial charge in [0.2, 0.25) is 5.91 Å². The lowest BCUT2D eigenvalue weighted by atomic mass is 10.2. The molecule has 1 atom stereocenters. The number of hydrogen-bond acceptors (Lipinski definition) is 3. The van der Waals surface area contributed by atoms with E-state index >= 15 is 0 Å². The highest BCUT2D eigenvalue weighted by Gasteiger charge is 2.31. The molecule has 1 aliphatic heterocycles. The Balaban J connectivity index is 2.68. The lowest BCUT2D eigenvalue weighted by Crippen LogP contribution is -2.45. The van der Waals surface area contributed by atoms with Crippen molar-refractivity contribution in [2.75, 3.05) is 13.2 Å². The molecule has 5 nitrogen and oxygen atoms in total. The number of rotatable bonds is 5. The number of carbonyl (C=O) groups is 2. The Labute approximate surface area is 88.9 Å². The maximum Gasteiger partial charge on any atom is 0.251 e. The summed E-state index contributed by atoms with van der Waals surface area (Å²) in [6.45, 7) is 4.52. The number of carbonyl (C=O) groups excluding carboxylic acids is 2. The standard InChI is InChI=1S/C10H16N2O3/c1-3-8(10(11)14)12-6-7(15-4-2)5-9(12)13/h5,8H,3-4,6H2,1-2H3,(H2,11,14). The molecule has 1 rings (SSSR count). The Morgan fingerprint density at radius 3 is 2.80 bits per heavy atom. The molecule has 0 aromatic rings. The summed E-state index contributed by atoms with van der Waals surface area (Å²) in [5.41, 5.74) is 5.21. The fraction of sp³-hybridized carbons (Fsp3) is 0.600. The zero-order chi connectivity index (χ0) is 11.4. The highest BCUT2D eigenvalue weighted by Crippen LogP contribution is 2.16. The lowest BCUT2D eigenvalue weighted by Gasteiger charge is -2.23. The normalized spacial score (nSPS) is 17.6. The number of ether oxygens (including phenoxy) is 1. The Morgan fingerprint density at radius 2 is 2.33 bits per heavy atom. The molecule has 0 aromatic carbocycles. The van der Waals surface area contributed by atoms with E-state index in [-0.39, 0.29) is 5.91 Å². The molecule has 84 valence electrons. The third-order valence-electron chi connectivity index (χ3n) is 2.31. The fourth-order valence-electron chi connectivity index (χ4n) is 1.62. The molecule has 1 heterocycles. The van der Waals surface area contributed by atoms with E-state index in [9.17, 15) is 9.59 Å². The van der Waals surface area contributed by atoms with Crippen LogP contribution in [0.4, 0.5) is 0 Å². The van der Waals surface area contributed by atoms with Gasteiger partial charge in [0.05, 0.1) is 13.2 Å². The van der Waals surface area contributed by atoms with E-state index < -0.39 is 11.9 Å². The van der Waals surface area contributed by atoms with Gasteiger partial charge in [-0.3, -0.25) is 9.59 Å². The smallest absolute Gasteiger partial charge is 0.251 e. The molecule has 0 aliphatic carbocycles. The van der Waals surface area contributed by atoms with Crippen LogP contribution in [0.15, 0.2) is 11.8 Å². The van der Waals surface area contributed by atoms with Crippen molar-refractivity contribution in [3.05, 3.63) is 11.8 Å². The van der Waals surface area contributed by atoms with Crippen molar-refractivity contribution < 1.29 is 14.3 Å². The van der Waals surface area contributed by atoms with Gasteiger partial charge < -0.3 is 15.4 Å². The van der Waals surface area contributed by atoms with Gasteiger partial charge in [-0.2, -0.15) is 0 Å². The van der Waals surface area contributed by atoms with E-state index in [0.29, 0.717) is 25.3 Å². The first-order chi connectivity index (χ1) is 7.10. The van der Waals surface area contributed by atoms with E-state index in [1.54, 1.807) is 0 Å². The minimum atomic E-state index is -0.535. The van der Waals surface area contributed by atoms with E-state index in [2.05, 4.69) is 0 Å². The molecule has 2 amide bonds. The number of nitrogens with zero attached hydrogens (tertiary/aromatic N) is 1. The number of primary amides is 1. The fourth-order valence-corrected chi connectivity index (χ4v) is 1.62. The first-order valence-corrected chi connectivity index (χ1v) is 5.03. The second-order valence-electron chi connectivity index (χ2n) is 3.34. The molecular formula is C10H16N2O3. The van der Waals surface area contributed by atoms with Crippen LogP contribution in [-0.4, -0.2) is 35.9 Å². The molecule has 0 spiro atoms. The minimum absolute atomic E-state index is 0.205. The molecule has 1 unspecified atom stereocenters. The van der Waals surface area contributed by atoms with Crippen molar-refractivity contribution in [3.8, 4) is 0 Å². The van der Waals surface area contributed by atoms with Crippen LogP contribution in [0.5, 0.6) is 0 Å². The van der Waals surface area contributed by atoms with Crippen LogP contribution < -0.4 is 5.73 Å². The molecule has 0 saturated heterocycles. The van der Waals surface area contributed by atoms with E-state index in [4.69, 9.17) is 10.5 Å².